The molecule has 5 nitrogen and oxygen atoms in total. The first-order valence-electron chi connectivity index (χ1n) is 10.5. The summed E-state index contributed by atoms with van der Waals surface area (Å²) in [6.07, 6.45) is 1.26. The molecule has 2 aromatic carbocycles. The fourth-order valence-electron chi connectivity index (χ4n) is 3.13. The summed E-state index contributed by atoms with van der Waals surface area (Å²) >= 11 is 12.4. The predicted octanol–water partition coefficient (Wildman–Crippen LogP) is 5.40. The van der Waals surface area contributed by atoms with Crippen molar-refractivity contribution in [2.24, 2.45) is 0 Å². The molecule has 0 saturated carbocycles. The molecule has 1 N–H and O–H groups in total. The van der Waals surface area contributed by atoms with Crippen LogP contribution in [0.25, 0.3) is 0 Å². The molecule has 0 aliphatic carbocycles. The minimum absolute atomic E-state index is 0.0147. The number of carbonyl (C=O) groups excluding carboxylic acids is 2. The Morgan fingerprint density at radius 2 is 1.81 bits per heavy atom. The minimum Gasteiger partial charge on any atom is -0.484 e. The van der Waals surface area contributed by atoms with Gasteiger partial charge in [-0.3, -0.25) is 9.59 Å². The van der Waals surface area contributed by atoms with Gasteiger partial charge in [-0.1, -0.05) is 61.3 Å². The zero-order valence-electron chi connectivity index (χ0n) is 18.5. The van der Waals surface area contributed by atoms with Crippen molar-refractivity contribution in [2.75, 3.05) is 6.61 Å². The quantitative estimate of drug-likeness (QED) is 0.511. The molecule has 0 radical (unpaired) electrons. The van der Waals surface area contributed by atoms with Crippen molar-refractivity contribution in [1.29, 1.82) is 0 Å². The van der Waals surface area contributed by atoms with E-state index in [0.717, 1.165) is 12.0 Å². The normalized spacial score (nSPS) is 12.7. The molecule has 0 aliphatic rings. The van der Waals surface area contributed by atoms with Crippen LogP contribution in [-0.2, 0) is 16.1 Å². The molecule has 0 unspecified atom stereocenters. The van der Waals surface area contributed by atoms with E-state index in [2.05, 4.69) is 5.32 Å². The third-order valence-electron chi connectivity index (χ3n) is 5.19. The number of nitrogens with zero attached hydrogens (tertiary/aromatic N) is 1. The van der Waals surface area contributed by atoms with E-state index in [1.165, 1.54) is 4.90 Å². The van der Waals surface area contributed by atoms with Crippen LogP contribution in [0.3, 0.4) is 0 Å². The highest BCUT2D eigenvalue weighted by Gasteiger charge is 2.30. The van der Waals surface area contributed by atoms with Crippen molar-refractivity contribution in [2.45, 2.75) is 59.2 Å². The Labute approximate surface area is 194 Å². The number of para-hydroxylation sites is 1. The van der Waals surface area contributed by atoms with Gasteiger partial charge in [-0.25, -0.2) is 0 Å². The van der Waals surface area contributed by atoms with Gasteiger partial charge in [-0.2, -0.15) is 0 Å². The lowest BCUT2D eigenvalue weighted by atomic mass is 10.1. The number of hydrogen-bond donors (Lipinski definition) is 1. The number of rotatable bonds is 10. The SMILES string of the molecule is CC[C@H](C)NC(=O)[C@H](CC)N(Cc1ccc(Cl)cc1Cl)C(=O)COc1ccccc1C. The highest BCUT2D eigenvalue weighted by molar-refractivity contribution is 6.35. The van der Waals surface area contributed by atoms with E-state index in [0.29, 0.717) is 27.8 Å². The van der Waals surface area contributed by atoms with Gasteiger partial charge in [-0.15, -0.1) is 0 Å². The van der Waals surface area contributed by atoms with Gasteiger partial charge in [0.05, 0.1) is 0 Å². The summed E-state index contributed by atoms with van der Waals surface area (Å²) in [5.41, 5.74) is 1.65. The van der Waals surface area contributed by atoms with E-state index in [1.54, 1.807) is 18.2 Å². The molecule has 2 amide bonds. The van der Waals surface area contributed by atoms with Crippen molar-refractivity contribution in [1.82, 2.24) is 10.2 Å². The molecular formula is C24H30Cl2N2O3. The maximum absolute atomic E-state index is 13.2. The average Bonchev–Trinajstić information content (AvgIpc) is 2.74. The van der Waals surface area contributed by atoms with Crippen molar-refractivity contribution < 1.29 is 14.3 Å². The number of ether oxygens (including phenoxy) is 1. The summed E-state index contributed by atoms with van der Waals surface area (Å²) in [6.45, 7) is 7.74. The van der Waals surface area contributed by atoms with E-state index in [1.807, 2.05) is 52.0 Å². The van der Waals surface area contributed by atoms with Gasteiger partial charge in [0.2, 0.25) is 5.91 Å². The van der Waals surface area contributed by atoms with Crippen LogP contribution in [0.1, 0.15) is 44.7 Å². The maximum Gasteiger partial charge on any atom is 0.261 e. The van der Waals surface area contributed by atoms with Crippen LogP contribution in [-0.4, -0.2) is 35.4 Å². The second kappa shape index (κ2) is 12.0. The number of carbonyl (C=O) groups is 2. The van der Waals surface area contributed by atoms with Crippen LogP contribution in [0.2, 0.25) is 10.0 Å². The molecule has 31 heavy (non-hydrogen) atoms. The maximum atomic E-state index is 13.2. The van der Waals surface area contributed by atoms with Gasteiger partial charge in [0.15, 0.2) is 6.61 Å². The zero-order chi connectivity index (χ0) is 23.0. The molecule has 0 aliphatic heterocycles. The molecule has 0 fully saturated rings. The Hall–Kier alpha value is -2.24. The lowest BCUT2D eigenvalue weighted by molar-refractivity contribution is -0.143. The topological polar surface area (TPSA) is 58.6 Å². The fraction of sp³-hybridized carbons (Fsp3) is 0.417. The molecule has 7 heteroatoms. The van der Waals surface area contributed by atoms with Crippen LogP contribution < -0.4 is 10.1 Å². The molecule has 2 atom stereocenters. The molecule has 168 valence electrons. The summed E-state index contributed by atoms with van der Waals surface area (Å²) in [5, 5.41) is 3.94. The Morgan fingerprint density at radius 1 is 1.10 bits per heavy atom. The van der Waals surface area contributed by atoms with Gasteiger partial charge < -0.3 is 15.0 Å². The first-order chi connectivity index (χ1) is 14.8. The second-order valence-corrected chi connectivity index (χ2v) is 8.40. The molecule has 0 heterocycles. The van der Waals surface area contributed by atoms with Crippen molar-refractivity contribution in [3.63, 3.8) is 0 Å². The van der Waals surface area contributed by atoms with E-state index >= 15 is 0 Å². The van der Waals surface area contributed by atoms with E-state index < -0.39 is 6.04 Å². The highest BCUT2D eigenvalue weighted by Crippen LogP contribution is 2.24. The van der Waals surface area contributed by atoms with E-state index in [-0.39, 0.29) is 31.0 Å². The molecule has 0 aromatic heterocycles. The first-order valence-corrected chi connectivity index (χ1v) is 11.2. The minimum atomic E-state index is -0.645. The molecular weight excluding hydrogens is 435 g/mol. The van der Waals surface area contributed by atoms with Gasteiger partial charge in [0.25, 0.3) is 5.91 Å². The Morgan fingerprint density at radius 3 is 2.42 bits per heavy atom. The Balaban J connectivity index is 2.27. The summed E-state index contributed by atoms with van der Waals surface area (Å²) in [7, 11) is 0. The smallest absolute Gasteiger partial charge is 0.261 e. The van der Waals surface area contributed by atoms with Crippen molar-refractivity contribution >= 4 is 35.0 Å². The number of benzene rings is 2. The number of aryl methyl sites for hydroxylation is 1. The third kappa shape index (κ3) is 7.15. The van der Waals surface area contributed by atoms with E-state index in [4.69, 9.17) is 27.9 Å². The second-order valence-electron chi connectivity index (χ2n) is 7.55. The lowest BCUT2D eigenvalue weighted by Crippen LogP contribution is -2.51. The highest BCUT2D eigenvalue weighted by atomic mass is 35.5. The predicted molar refractivity (Wildman–Crippen MR) is 126 cm³/mol. The molecule has 0 saturated heterocycles. The van der Waals surface area contributed by atoms with Gasteiger partial charge in [-0.05, 0) is 56.0 Å². The standard InChI is InChI=1S/C24H30Cl2N2O3/c1-5-17(4)27-24(30)21(6-2)28(14-18-11-12-19(25)13-20(18)26)23(29)15-31-22-10-8-7-9-16(22)3/h7-13,17,21H,5-6,14-15H2,1-4H3,(H,27,30)/t17-,21-/m0/s1. The summed E-state index contributed by atoms with van der Waals surface area (Å²) in [6, 6.07) is 12.0. The van der Waals surface area contributed by atoms with Crippen LogP contribution >= 0.6 is 23.2 Å². The number of nitrogens with one attached hydrogen (secondary N) is 1. The van der Waals surface area contributed by atoms with Crippen molar-refractivity contribution in [3.05, 3.63) is 63.6 Å². The molecule has 0 spiro atoms. The first kappa shape index (κ1) is 25.0. The van der Waals surface area contributed by atoms with Gasteiger partial charge in [0.1, 0.15) is 11.8 Å². The van der Waals surface area contributed by atoms with Crippen LogP contribution in [0.15, 0.2) is 42.5 Å². The number of halogens is 2. The average molecular weight is 465 g/mol. The summed E-state index contributed by atoms with van der Waals surface area (Å²) in [4.78, 5) is 27.7. The fourth-order valence-corrected chi connectivity index (χ4v) is 3.60. The summed E-state index contributed by atoms with van der Waals surface area (Å²) in [5.74, 6) is 0.157. The Kier molecular flexibility index (Phi) is 9.66. The molecule has 0 bridgehead atoms. The largest absolute Gasteiger partial charge is 0.484 e. The lowest BCUT2D eigenvalue weighted by Gasteiger charge is -2.31. The summed E-state index contributed by atoms with van der Waals surface area (Å²) < 4.78 is 5.77. The van der Waals surface area contributed by atoms with Crippen LogP contribution in [0.4, 0.5) is 0 Å². The monoisotopic (exact) mass is 464 g/mol. The molecule has 2 rings (SSSR count). The van der Waals surface area contributed by atoms with E-state index in [9.17, 15) is 9.59 Å². The van der Waals surface area contributed by atoms with Gasteiger partial charge in [0, 0.05) is 22.6 Å². The zero-order valence-corrected chi connectivity index (χ0v) is 20.0. The number of hydrogen-bond acceptors (Lipinski definition) is 3. The van der Waals surface area contributed by atoms with Crippen molar-refractivity contribution in [3.8, 4) is 5.75 Å². The molecule has 2 aromatic rings. The third-order valence-corrected chi connectivity index (χ3v) is 5.77. The van der Waals surface area contributed by atoms with Crippen LogP contribution in [0, 0.1) is 6.92 Å². The van der Waals surface area contributed by atoms with Gasteiger partial charge >= 0.3 is 0 Å². The number of amides is 2. The Bertz CT molecular complexity index is 904. The van der Waals surface area contributed by atoms with Crippen LogP contribution in [0.5, 0.6) is 5.75 Å².